The third kappa shape index (κ3) is 8.99. The molecule has 0 spiro atoms. The van der Waals surface area contributed by atoms with Gasteiger partial charge in [0, 0.05) is 26.2 Å². The predicted octanol–water partition coefficient (Wildman–Crippen LogP) is 7.13. The third-order valence-electron chi connectivity index (χ3n) is 5.45. The predicted molar refractivity (Wildman–Crippen MR) is 164 cm³/mol. The van der Waals surface area contributed by atoms with E-state index in [1.807, 2.05) is 32.9 Å². The van der Waals surface area contributed by atoms with E-state index in [9.17, 15) is 9.59 Å². The standard InChI is InChI=1S/C28H27Cl3IN3O4/c1-4-38-24-12-17(11-23(32)26(24)39-15-19-7-10-21(30)13-22(19)31)14-33-35-28(37)25(16(2)3)34-27(36)18-5-8-20(29)9-6-18/h5-14,16,25H,4,15H2,1-3H3,(H,34,36)(H,35,37). The highest BCUT2D eigenvalue weighted by Crippen LogP contribution is 2.35. The zero-order chi connectivity index (χ0) is 28.5. The molecule has 11 heteroatoms. The number of rotatable bonds is 11. The molecule has 0 aliphatic heterocycles. The minimum atomic E-state index is -0.792. The first-order valence-electron chi connectivity index (χ1n) is 12.0. The van der Waals surface area contributed by atoms with Gasteiger partial charge in [0.1, 0.15) is 12.6 Å². The number of ether oxygens (including phenoxy) is 2. The van der Waals surface area contributed by atoms with Crippen LogP contribution in [0.1, 0.15) is 42.3 Å². The third-order valence-corrected chi connectivity index (χ3v) is 7.09. The van der Waals surface area contributed by atoms with Gasteiger partial charge >= 0.3 is 0 Å². The monoisotopic (exact) mass is 701 g/mol. The zero-order valence-corrected chi connectivity index (χ0v) is 25.9. The van der Waals surface area contributed by atoms with Crippen LogP contribution in [-0.2, 0) is 11.4 Å². The Bertz CT molecular complexity index is 1350. The van der Waals surface area contributed by atoms with Crippen molar-refractivity contribution in [3.05, 3.63) is 89.9 Å². The van der Waals surface area contributed by atoms with Crippen molar-refractivity contribution in [2.24, 2.45) is 11.0 Å². The molecule has 0 aromatic heterocycles. The van der Waals surface area contributed by atoms with Crippen molar-refractivity contribution in [3.8, 4) is 11.5 Å². The molecule has 206 valence electrons. The lowest BCUT2D eigenvalue weighted by Crippen LogP contribution is -2.48. The van der Waals surface area contributed by atoms with Gasteiger partial charge in [-0.15, -0.1) is 0 Å². The molecule has 0 saturated carbocycles. The number of carbonyl (C=O) groups is 2. The van der Waals surface area contributed by atoms with Crippen LogP contribution in [0.15, 0.2) is 59.7 Å². The second-order valence-electron chi connectivity index (χ2n) is 8.72. The SMILES string of the molecule is CCOc1cc(C=NNC(=O)C(NC(=O)c2ccc(Cl)cc2)C(C)C)cc(I)c1OCc1ccc(Cl)cc1Cl. The van der Waals surface area contributed by atoms with Gasteiger partial charge in [0.05, 0.1) is 16.4 Å². The summed E-state index contributed by atoms with van der Waals surface area (Å²) in [7, 11) is 0. The quantitative estimate of drug-likeness (QED) is 0.126. The maximum Gasteiger partial charge on any atom is 0.262 e. The fraction of sp³-hybridized carbons (Fsp3) is 0.250. The summed E-state index contributed by atoms with van der Waals surface area (Å²) in [4.78, 5) is 25.4. The number of carbonyl (C=O) groups excluding carboxylic acids is 2. The molecule has 0 heterocycles. The highest BCUT2D eigenvalue weighted by molar-refractivity contribution is 14.1. The van der Waals surface area contributed by atoms with Crippen LogP contribution in [0.3, 0.4) is 0 Å². The van der Waals surface area contributed by atoms with Gasteiger partial charge in [-0.05, 0) is 89.5 Å². The Morgan fingerprint density at radius 1 is 1.00 bits per heavy atom. The van der Waals surface area contributed by atoms with Crippen LogP contribution in [0.4, 0.5) is 0 Å². The first kappa shape index (κ1) is 31.0. The number of amides is 2. The summed E-state index contributed by atoms with van der Waals surface area (Å²) in [5.74, 6) is 0.0958. The second kappa shape index (κ2) is 14.7. The van der Waals surface area contributed by atoms with Crippen LogP contribution < -0.4 is 20.2 Å². The van der Waals surface area contributed by atoms with Crippen molar-refractivity contribution in [2.75, 3.05) is 6.61 Å². The van der Waals surface area contributed by atoms with Crippen molar-refractivity contribution >= 4 is 75.4 Å². The molecule has 0 aliphatic rings. The average molecular weight is 703 g/mol. The van der Waals surface area contributed by atoms with E-state index in [0.717, 1.165) is 9.13 Å². The van der Waals surface area contributed by atoms with Crippen molar-refractivity contribution < 1.29 is 19.1 Å². The molecule has 7 nitrogen and oxygen atoms in total. The molecule has 3 rings (SSSR count). The van der Waals surface area contributed by atoms with Crippen LogP contribution in [0, 0.1) is 9.49 Å². The first-order valence-corrected chi connectivity index (χ1v) is 14.2. The lowest BCUT2D eigenvalue weighted by molar-refractivity contribution is -0.123. The Balaban J connectivity index is 1.69. The van der Waals surface area contributed by atoms with E-state index in [1.165, 1.54) is 6.21 Å². The molecular weight excluding hydrogens is 676 g/mol. The number of hydrazone groups is 1. The van der Waals surface area contributed by atoms with Gasteiger partial charge in [-0.1, -0.05) is 54.7 Å². The zero-order valence-electron chi connectivity index (χ0n) is 21.4. The number of benzene rings is 3. The van der Waals surface area contributed by atoms with Crippen molar-refractivity contribution in [1.29, 1.82) is 0 Å². The molecule has 0 saturated heterocycles. The van der Waals surface area contributed by atoms with Gasteiger partial charge in [-0.3, -0.25) is 9.59 Å². The van der Waals surface area contributed by atoms with Gasteiger partial charge in [0.2, 0.25) is 0 Å². The number of halogens is 4. The molecule has 1 atom stereocenters. The summed E-state index contributed by atoms with van der Waals surface area (Å²) in [6, 6.07) is 14.5. The summed E-state index contributed by atoms with van der Waals surface area (Å²) in [6.45, 7) is 6.20. The maximum absolute atomic E-state index is 12.8. The number of hydrogen-bond acceptors (Lipinski definition) is 5. The van der Waals surface area contributed by atoms with E-state index in [1.54, 1.807) is 42.5 Å². The summed E-state index contributed by atoms with van der Waals surface area (Å²) >= 11 is 20.3. The highest BCUT2D eigenvalue weighted by atomic mass is 127. The Morgan fingerprint density at radius 2 is 1.69 bits per heavy atom. The lowest BCUT2D eigenvalue weighted by atomic mass is 10.0. The Labute approximate surface area is 256 Å². The molecule has 1 unspecified atom stereocenters. The van der Waals surface area contributed by atoms with E-state index in [4.69, 9.17) is 44.3 Å². The lowest BCUT2D eigenvalue weighted by Gasteiger charge is -2.20. The van der Waals surface area contributed by atoms with Gasteiger partial charge in [-0.2, -0.15) is 5.10 Å². The Hall–Kier alpha value is -2.53. The Morgan fingerprint density at radius 3 is 2.33 bits per heavy atom. The molecule has 0 aliphatic carbocycles. The number of nitrogens with one attached hydrogen (secondary N) is 2. The summed E-state index contributed by atoms with van der Waals surface area (Å²) in [5.41, 5.74) is 4.39. The van der Waals surface area contributed by atoms with Crippen molar-refractivity contribution in [2.45, 2.75) is 33.4 Å². The summed E-state index contributed by atoms with van der Waals surface area (Å²) in [6.07, 6.45) is 1.50. The topological polar surface area (TPSA) is 89.0 Å². The summed E-state index contributed by atoms with van der Waals surface area (Å²) < 4.78 is 12.6. The van der Waals surface area contributed by atoms with Gasteiger partial charge in [-0.25, -0.2) is 5.43 Å². The average Bonchev–Trinajstić information content (AvgIpc) is 2.88. The van der Waals surface area contributed by atoms with Gasteiger partial charge < -0.3 is 14.8 Å². The molecule has 0 bridgehead atoms. The number of nitrogens with zero attached hydrogens (tertiary/aromatic N) is 1. The number of hydrogen-bond donors (Lipinski definition) is 2. The van der Waals surface area contributed by atoms with Crippen LogP contribution in [0.2, 0.25) is 15.1 Å². The van der Waals surface area contributed by atoms with Crippen LogP contribution in [0.5, 0.6) is 11.5 Å². The highest BCUT2D eigenvalue weighted by Gasteiger charge is 2.24. The first-order chi connectivity index (χ1) is 18.6. The van der Waals surface area contributed by atoms with Gasteiger partial charge in [0.25, 0.3) is 11.8 Å². The molecule has 39 heavy (non-hydrogen) atoms. The van der Waals surface area contributed by atoms with E-state index in [0.29, 0.717) is 44.3 Å². The Kier molecular flexibility index (Phi) is 11.7. The van der Waals surface area contributed by atoms with Crippen LogP contribution in [-0.4, -0.2) is 30.7 Å². The fourth-order valence-electron chi connectivity index (χ4n) is 3.45. The van der Waals surface area contributed by atoms with Crippen molar-refractivity contribution in [1.82, 2.24) is 10.7 Å². The minimum Gasteiger partial charge on any atom is -0.490 e. The second-order valence-corrected chi connectivity index (χ2v) is 11.2. The minimum absolute atomic E-state index is 0.174. The van der Waals surface area contributed by atoms with E-state index in [-0.39, 0.29) is 18.4 Å². The molecule has 0 radical (unpaired) electrons. The summed E-state index contributed by atoms with van der Waals surface area (Å²) in [5, 5.41) is 8.44. The molecular formula is C28H27Cl3IN3O4. The molecule has 0 fully saturated rings. The van der Waals surface area contributed by atoms with E-state index >= 15 is 0 Å². The normalized spacial score (nSPS) is 11.9. The molecule has 2 N–H and O–H groups in total. The van der Waals surface area contributed by atoms with Gasteiger partial charge in [0.15, 0.2) is 11.5 Å². The van der Waals surface area contributed by atoms with E-state index in [2.05, 4.69) is 38.4 Å². The molecule has 3 aromatic rings. The largest absolute Gasteiger partial charge is 0.490 e. The van der Waals surface area contributed by atoms with Crippen molar-refractivity contribution in [3.63, 3.8) is 0 Å². The fourth-order valence-corrected chi connectivity index (χ4v) is 4.83. The van der Waals surface area contributed by atoms with E-state index < -0.39 is 11.9 Å². The van der Waals surface area contributed by atoms with Crippen LogP contribution in [0.25, 0.3) is 0 Å². The smallest absolute Gasteiger partial charge is 0.262 e. The molecule has 2 amide bonds. The molecule has 3 aromatic carbocycles. The maximum atomic E-state index is 12.8. The van der Waals surface area contributed by atoms with Crippen LogP contribution >= 0.6 is 57.4 Å².